The molecule has 28 heavy (non-hydrogen) atoms. The van der Waals surface area contributed by atoms with Crippen LogP contribution in [-0.2, 0) is 14.6 Å². The Labute approximate surface area is 165 Å². The van der Waals surface area contributed by atoms with Crippen molar-refractivity contribution in [3.8, 4) is 0 Å². The molecule has 2 aliphatic rings. The fourth-order valence-electron chi connectivity index (χ4n) is 4.23. The Bertz CT molecular complexity index is 1060. The first-order chi connectivity index (χ1) is 13.3. The van der Waals surface area contributed by atoms with Crippen LogP contribution >= 0.6 is 0 Å². The number of hydrogen-bond acceptors (Lipinski definition) is 4. The molecule has 0 radical (unpaired) electrons. The van der Waals surface area contributed by atoms with E-state index in [0.29, 0.717) is 18.5 Å². The number of carbonyl (C=O) groups excluding carboxylic acids is 2. The highest BCUT2D eigenvalue weighted by Gasteiger charge is 2.37. The van der Waals surface area contributed by atoms with Gasteiger partial charge in [-0.1, -0.05) is 38.1 Å². The van der Waals surface area contributed by atoms with E-state index in [0.717, 1.165) is 16.5 Å². The lowest BCUT2D eigenvalue weighted by Gasteiger charge is -2.31. The summed E-state index contributed by atoms with van der Waals surface area (Å²) in [6.07, 6.45) is 0.463. The summed E-state index contributed by atoms with van der Waals surface area (Å²) in [4.78, 5) is 29.3. The number of anilines is 1. The summed E-state index contributed by atoms with van der Waals surface area (Å²) in [6, 6.07) is 11.0. The summed E-state index contributed by atoms with van der Waals surface area (Å²) < 4.78 is 23.8. The monoisotopic (exact) mass is 400 g/mol. The average Bonchev–Trinajstić information content (AvgIpc) is 3.13. The Morgan fingerprint density at radius 3 is 2.57 bits per heavy atom. The van der Waals surface area contributed by atoms with Crippen LogP contribution in [0.15, 0.2) is 36.4 Å². The molecule has 0 spiro atoms. The Balaban J connectivity index is 1.62. The van der Waals surface area contributed by atoms with Crippen molar-refractivity contribution in [3.05, 3.63) is 42.0 Å². The molecule has 2 aromatic rings. The van der Waals surface area contributed by atoms with Crippen molar-refractivity contribution in [1.29, 1.82) is 0 Å². The van der Waals surface area contributed by atoms with Crippen molar-refractivity contribution in [3.63, 3.8) is 0 Å². The summed E-state index contributed by atoms with van der Waals surface area (Å²) in [5.41, 5.74) is 1.36. The SMILES string of the molecule is CC(C)CN(C(=O)CN1C(=O)c2cccc3cccc1c23)[C@@H]1CCS(=O)(=O)C1. The fraction of sp³-hybridized carbons (Fsp3) is 0.429. The van der Waals surface area contributed by atoms with E-state index in [4.69, 9.17) is 0 Å². The number of amides is 2. The van der Waals surface area contributed by atoms with E-state index in [1.54, 1.807) is 11.0 Å². The molecule has 7 heteroatoms. The van der Waals surface area contributed by atoms with Crippen LogP contribution in [0, 0.1) is 5.92 Å². The molecule has 2 aliphatic heterocycles. The number of carbonyl (C=O) groups is 2. The molecule has 4 rings (SSSR count). The predicted molar refractivity (Wildman–Crippen MR) is 109 cm³/mol. The third-order valence-electron chi connectivity index (χ3n) is 5.47. The third-order valence-corrected chi connectivity index (χ3v) is 7.22. The smallest absolute Gasteiger partial charge is 0.259 e. The maximum atomic E-state index is 13.2. The zero-order chi connectivity index (χ0) is 20.1. The highest BCUT2D eigenvalue weighted by molar-refractivity contribution is 7.91. The molecule has 2 amide bonds. The molecule has 0 aliphatic carbocycles. The summed E-state index contributed by atoms with van der Waals surface area (Å²) in [6.45, 7) is 4.41. The Kier molecular flexibility index (Phi) is 4.65. The van der Waals surface area contributed by atoms with Gasteiger partial charge in [-0.25, -0.2) is 8.42 Å². The van der Waals surface area contributed by atoms with Crippen LogP contribution in [0.2, 0.25) is 0 Å². The molecule has 0 unspecified atom stereocenters. The summed E-state index contributed by atoms with van der Waals surface area (Å²) in [5, 5.41) is 1.85. The molecule has 0 saturated carbocycles. The predicted octanol–water partition coefficient (Wildman–Crippen LogP) is 2.47. The van der Waals surface area contributed by atoms with Crippen LogP contribution in [0.25, 0.3) is 10.8 Å². The summed E-state index contributed by atoms with van der Waals surface area (Å²) >= 11 is 0. The van der Waals surface area contributed by atoms with Gasteiger partial charge in [0.15, 0.2) is 9.84 Å². The van der Waals surface area contributed by atoms with E-state index < -0.39 is 9.84 Å². The molecule has 0 N–H and O–H groups in total. The van der Waals surface area contributed by atoms with E-state index in [2.05, 4.69) is 0 Å². The van der Waals surface area contributed by atoms with E-state index >= 15 is 0 Å². The largest absolute Gasteiger partial charge is 0.337 e. The van der Waals surface area contributed by atoms with Crippen molar-refractivity contribution in [2.45, 2.75) is 26.3 Å². The molecular weight excluding hydrogens is 376 g/mol. The Morgan fingerprint density at radius 1 is 1.21 bits per heavy atom. The summed E-state index contributed by atoms with van der Waals surface area (Å²) in [5.74, 6) is -0.0397. The first kappa shape index (κ1) is 18.9. The first-order valence-corrected chi connectivity index (χ1v) is 11.4. The van der Waals surface area contributed by atoms with Crippen molar-refractivity contribution in [2.24, 2.45) is 5.92 Å². The van der Waals surface area contributed by atoms with Crippen molar-refractivity contribution in [2.75, 3.05) is 29.5 Å². The molecule has 0 aromatic heterocycles. The normalized spacial score (nSPS) is 20.3. The lowest BCUT2D eigenvalue weighted by molar-refractivity contribution is -0.132. The van der Waals surface area contributed by atoms with Gasteiger partial charge in [-0.2, -0.15) is 0 Å². The topological polar surface area (TPSA) is 74.8 Å². The van der Waals surface area contributed by atoms with Crippen LogP contribution in [0.3, 0.4) is 0 Å². The maximum absolute atomic E-state index is 13.2. The van der Waals surface area contributed by atoms with Gasteiger partial charge in [0.1, 0.15) is 6.54 Å². The molecule has 6 nitrogen and oxygen atoms in total. The Hall–Kier alpha value is -2.41. The van der Waals surface area contributed by atoms with E-state index in [1.807, 2.05) is 44.2 Å². The Morgan fingerprint density at radius 2 is 1.93 bits per heavy atom. The molecular formula is C21H24N2O4S. The minimum Gasteiger partial charge on any atom is -0.337 e. The van der Waals surface area contributed by atoms with Crippen LogP contribution in [0.5, 0.6) is 0 Å². The second-order valence-corrected chi connectivity index (χ2v) is 10.3. The van der Waals surface area contributed by atoms with E-state index in [1.165, 1.54) is 4.90 Å². The third kappa shape index (κ3) is 3.28. The number of nitrogens with zero attached hydrogens (tertiary/aromatic N) is 2. The molecule has 1 fully saturated rings. The first-order valence-electron chi connectivity index (χ1n) is 9.60. The van der Waals surface area contributed by atoms with Gasteiger partial charge in [0, 0.05) is 23.5 Å². The van der Waals surface area contributed by atoms with Gasteiger partial charge in [-0.3, -0.25) is 14.5 Å². The second-order valence-electron chi connectivity index (χ2n) is 8.07. The molecule has 1 saturated heterocycles. The van der Waals surface area contributed by atoms with Crippen molar-refractivity contribution < 1.29 is 18.0 Å². The van der Waals surface area contributed by atoms with Gasteiger partial charge in [0.05, 0.1) is 17.2 Å². The number of sulfone groups is 1. The van der Waals surface area contributed by atoms with Gasteiger partial charge in [-0.05, 0) is 29.9 Å². The lowest BCUT2D eigenvalue weighted by Crippen LogP contribution is -2.48. The van der Waals surface area contributed by atoms with Gasteiger partial charge in [-0.15, -0.1) is 0 Å². The standard InChI is InChI=1S/C21H24N2O4S/c1-14(2)11-22(16-9-10-28(26,27)13-16)19(24)12-23-18-8-4-6-15-5-3-7-17(20(15)18)21(23)25/h3-8,14,16H,9-13H2,1-2H3/t16-/m1/s1. The maximum Gasteiger partial charge on any atom is 0.259 e. The lowest BCUT2D eigenvalue weighted by atomic mass is 10.1. The molecule has 2 aromatic carbocycles. The fourth-order valence-corrected chi connectivity index (χ4v) is 5.96. The quantitative estimate of drug-likeness (QED) is 0.773. The summed E-state index contributed by atoms with van der Waals surface area (Å²) in [7, 11) is -3.10. The van der Waals surface area contributed by atoms with Crippen LogP contribution in [0.4, 0.5) is 5.69 Å². The number of rotatable bonds is 5. The van der Waals surface area contributed by atoms with Crippen LogP contribution in [-0.4, -0.2) is 55.8 Å². The van der Waals surface area contributed by atoms with Gasteiger partial charge < -0.3 is 4.90 Å². The van der Waals surface area contributed by atoms with Crippen molar-refractivity contribution in [1.82, 2.24) is 4.90 Å². The molecule has 148 valence electrons. The van der Waals surface area contributed by atoms with E-state index in [9.17, 15) is 18.0 Å². The highest BCUT2D eigenvalue weighted by Crippen LogP contribution is 2.37. The van der Waals surface area contributed by atoms with Gasteiger partial charge in [0.2, 0.25) is 5.91 Å². The van der Waals surface area contributed by atoms with Gasteiger partial charge in [0.25, 0.3) is 5.91 Å². The molecule has 0 bridgehead atoms. The van der Waals surface area contributed by atoms with Crippen LogP contribution < -0.4 is 4.90 Å². The minimum absolute atomic E-state index is 0.00914. The zero-order valence-corrected chi connectivity index (χ0v) is 16.9. The average molecular weight is 401 g/mol. The van der Waals surface area contributed by atoms with Crippen molar-refractivity contribution >= 4 is 38.1 Å². The van der Waals surface area contributed by atoms with E-state index in [-0.39, 0.29) is 41.8 Å². The van der Waals surface area contributed by atoms with Gasteiger partial charge >= 0.3 is 0 Å². The second kappa shape index (κ2) is 6.88. The minimum atomic E-state index is -3.10. The molecule has 2 heterocycles. The number of benzene rings is 2. The zero-order valence-electron chi connectivity index (χ0n) is 16.1. The molecule has 1 atom stereocenters. The highest BCUT2D eigenvalue weighted by atomic mass is 32.2. The van der Waals surface area contributed by atoms with Crippen LogP contribution in [0.1, 0.15) is 30.6 Å². The number of hydrogen-bond donors (Lipinski definition) is 0.